The van der Waals surface area contributed by atoms with Gasteiger partial charge in [0.05, 0.1) is 6.26 Å². The highest BCUT2D eigenvalue weighted by Gasteiger charge is 2.12. The number of aliphatic imine (C=N–C) groups is 1. The number of benzene rings is 1. The predicted molar refractivity (Wildman–Crippen MR) is 102 cm³/mol. The third kappa shape index (κ3) is 6.88. The van der Waals surface area contributed by atoms with E-state index in [9.17, 15) is 8.42 Å². The minimum absolute atomic E-state index is 0.341. The number of nitrogens with zero attached hydrogens (tertiary/aromatic N) is 2. The Morgan fingerprint density at radius 2 is 1.92 bits per heavy atom. The van der Waals surface area contributed by atoms with Crippen molar-refractivity contribution in [2.24, 2.45) is 10.7 Å². The second kappa shape index (κ2) is 9.64. The van der Waals surface area contributed by atoms with Crippen molar-refractivity contribution in [3.63, 3.8) is 0 Å². The minimum atomic E-state index is -3.14. The van der Waals surface area contributed by atoms with Crippen molar-refractivity contribution in [1.82, 2.24) is 4.31 Å². The number of sulfonamides is 1. The Morgan fingerprint density at radius 1 is 1.29 bits per heavy atom. The van der Waals surface area contributed by atoms with Gasteiger partial charge in [0.1, 0.15) is 0 Å². The summed E-state index contributed by atoms with van der Waals surface area (Å²) in [5, 5.41) is 3.05. The minimum Gasteiger partial charge on any atom is -0.370 e. The average molecular weight is 355 g/mol. The SMILES string of the molecule is CCC(C)c1ccc(NC(N)=NCCCN(CC)S(C)(=O)=O)cc1. The zero-order valence-electron chi connectivity index (χ0n) is 15.1. The van der Waals surface area contributed by atoms with Crippen molar-refractivity contribution in [3.8, 4) is 0 Å². The van der Waals surface area contributed by atoms with Crippen LogP contribution in [0.1, 0.15) is 45.1 Å². The first-order valence-corrected chi connectivity index (χ1v) is 10.2. The number of nitrogens with two attached hydrogens (primary N) is 1. The van der Waals surface area contributed by atoms with Gasteiger partial charge in [0, 0.05) is 25.3 Å². The lowest BCUT2D eigenvalue weighted by Gasteiger charge is -2.16. The average Bonchev–Trinajstić information content (AvgIpc) is 2.53. The molecule has 24 heavy (non-hydrogen) atoms. The van der Waals surface area contributed by atoms with E-state index in [0.717, 1.165) is 12.1 Å². The van der Waals surface area contributed by atoms with E-state index in [1.165, 1.54) is 16.1 Å². The Labute approximate surface area is 146 Å². The van der Waals surface area contributed by atoms with E-state index in [2.05, 4.69) is 36.3 Å². The molecule has 6 nitrogen and oxygen atoms in total. The fourth-order valence-corrected chi connectivity index (χ4v) is 3.25. The summed E-state index contributed by atoms with van der Waals surface area (Å²) in [5.41, 5.74) is 8.07. The van der Waals surface area contributed by atoms with Crippen LogP contribution in [0.25, 0.3) is 0 Å². The molecule has 0 amide bonds. The second-order valence-corrected chi connectivity index (χ2v) is 7.91. The topological polar surface area (TPSA) is 87.8 Å². The lowest BCUT2D eigenvalue weighted by Crippen LogP contribution is -2.31. The highest BCUT2D eigenvalue weighted by atomic mass is 32.2. The quantitative estimate of drug-likeness (QED) is 0.405. The Morgan fingerprint density at radius 3 is 2.42 bits per heavy atom. The molecule has 0 heterocycles. The van der Waals surface area contributed by atoms with Gasteiger partial charge in [0.2, 0.25) is 10.0 Å². The smallest absolute Gasteiger partial charge is 0.211 e. The van der Waals surface area contributed by atoms with Crippen LogP contribution in [-0.2, 0) is 10.0 Å². The summed E-state index contributed by atoms with van der Waals surface area (Å²) in [5.74, 6) is 0.884. The van der Waals surface area contributed by atoms with E-state index in [-0.39, 0.29) is 0 Å². The van der Waals surface area contributed by atoms with Gasteiger partial charge >= 0.3 is 0 Å². The molecule has 7 heteroatoms. The molecule has 0 aromatic heterocycles. The first kappa shape index (κ1) is 20.4. The summed E-state index contributed by atoms with van der Waals surface area (Å²) in [6.45, 7) is 7.60. The van der Waals surface area contributed by atoms with Crippen LogP contribution in [0.2, 0.25) is 0 Å². The molecule has 0 aliphatic carbocycles. The van der Waals surface area contributed by atoms with Crippen molar-refractivity contribution < 1.29 is 8.42 Å². The lowest BCUT2D eigenvalue weighted by atomic mass is 9.99. The summed E-state index contributed by atoms with van der Waals surface area (Å²) >= 11 is 0. The normalized spacial score (nSPS) is 14.0. The molecule has 1 aromatic carbocycles. The Hall–Kier alpha value is -1.60. The summed E-state index contributed by atoms with van der Waals surface area (Å²) in [4.78, 5) is 4.24. The number of hydrogen-bond donors (Lipinski definition) is 2. The lowest BCUT2D eigenvalue weighted by molar-refractivity contribution is 0.427. The van der Waals surface area contributed by atoms with Crippen molar-refractivity contribution in [2.45, 2.75) is 39.5 Å². The van der Waals surface area contributed by atoms with Gasteiger partial charge in [-0.3, -0.25) is 4.99 Å². The number of nitrogens with one attached hydrogen (secondary N) is 1. The second-order valence-electron chi connectivity index (χ2n) is 5.93. The molecule has 136 valence electrons. The van der Waals surface area contributed by atoms with Crippen molar-refractivity contribution in [2.75, 3.05) is 31.2 Å². The molecule has 0 radical (unpaired) electrons. The largest absolute Gasteiger partial charge is 0.370 e. The van der Waals surface area contributed by atoms with Crippen LogP contribution < -0.4 is 11.1 Å². The van der Waals surface area contributed by atoms with Gasteiger partial charge in [-0.1, -0.05) is 32.9 Å². The van der Waals surface area contributed by atoms with Gasteiger partial charge in [0.25, 0.3) is 0 Å². The Bertz CT molecular complexity index is 626. The van der Waals surface area contributed by atoms with Gasteiger partial charge < -0.3 is 11.1 Å². The van der Waals surface area contributed by atoms with Crippen LogP contribution in [-0.4, -0.2) is 44.6 Å². The van der Waals surface area contributed by atoms with Crippen molar-refractivity contribution >= 4 is 21.7 Å². The van der Waals surface area contributed by atoms with E-state index < -0.39 is 10.0 Å². The Kier molecular flexibility index (Phi) is 8.21. The molecule has 0 spiro atoms. The molecule has 0 aliphatic heterocycles. The number of anilines is 1. The van der Waals surface area contributed by atoms with Gasteiger partial charge in [-0.05, 0) is 36.5 Å². The zero-order valence-corrected chi connectivity index (χ0v) is 15.9. The van der Waals surface area contributed by atoms with E-state index in [1.54, 1.807) is 0 Å². The molecule has 0 saturated heterocycles. The first-order chi connectivity index (χ1) is 11.3. The molecular weight excluding hydrogens is 324 g/mol. The van der Waals surface area contributed by atoms with Crippen LogP contribution in [0, 0.1) is 0 Å². The van der Waals surface area contributed by atoms with Gasteiger partial charge in [0.15, 0.2) is 5.96 Å². The fraction of sp³-hybridized carbons (Fsp3) is 0.588. The van der Waals surface area contributed by atoms with E-state index in [0.29, 0.717) is 37.9 Å². The maximum absolute atomic E-state index is 11.5. The molecule has 0 fully saturated rings. The molecule has 1 aromatic rings. The maximum atomic E-state index is 11.5. The van der Waals surface area contributed by atoms with Crippen molar-refractivity contribution in [1.29, 1.82) is 0 Å². The summed E-state index contributed by atoms with van der Waals surface area (Å²) < 4.78 is 24.4. The van der Waals surface area contributed by atoms with E-state index >= 15 is 0 Å². The molecule has 1 rings (SSSR count). The zero-order chi connectivity index (χ0) is 18.2. The number of guanidine groups is 1. The third-order valence-electron chi connectivity index (χ3n) is 4.03. The molecule has 0 aliphatic rings. The number of rotatable bonds is 9. The molecular formula is C17H30N4O2S. The molecule has 1 atom stereocenters. The summed E-state index contributed by atoms with van der Waals surface area (Å²) in [6, 6.07) is 8.17. The number of hydrogen-bond acceptors (Lipinski definition) is 3. The summed E-state index contributed by atoms with van der Waals surface area (Å²) in [7, 11) is -3.14. The molecule has 0 bridgehead atoms. The summed E-state index contributed by atoms with van der Waals surface area (Å²) in [6.07, 6.45) is 2.97. The molecule has 0 saturated carbocycles. The monoisotopic (exact) mass is 354 g/mol. The fourth-order valence-electron chi connectivity index (χ4n) is 2.32. The predicted octanol–water partition coefficient (Wildman–Crippen LogP) is 2.60. The van der Waals surface area contributed by atoms with Gasteiger partial charge in [-0.25, -0.2) is 12.7 Å². The van der Waals surface area contributed by atoms with Crippen LogP contribution >= 0.6 is 0 Å². The standard InChI is InChI=1S/C17H30N4O2S/c1-5-14(3)15-8-10-16(11-9-15)20-17(18)19-12-7-13-21(6-2)24(4,22)23/h8-11,14H,5-7,12-13H2,1-4H3,(H3,18,19,20). The van der Waals surface area contributed by atoms with E-state index in [1.807, 2.05) is 19.1 Å². The van der Waals surface area contributed by atoms with Gasteiger partial charge in [-0.2, -0.15) is 0 Å². The third-order valence-corrected chi connectivity index (χ3v) is 5.41. The maximum Gasteiger partial charge on any atom is 0.211 e. The molecule has 1 unspecified atom stereocenters. The van der Waals surface area contributed by atoms with Crippen LogP contribution in [0.5, 0.6) is 0 Å². The van der Waals surface area contributed by atoms with E-state index in [4.69, 9.17) is 5.73 Å². The molecule has 3 N–H and O–H groups in total. The van der Waals surface area contributed by atoms with Crippen LogP contribution in [0.3, 0.4) is 0 Å². The highest BCUT2D eigenvalue weighted by Crippen LogP contribution is 2.20. The van der Waals surface area contributed by atoms with Crippen molar-refractivity contribution in [3.05, 3.63) is 29.8 Å². The highest BCUT2D eigenvalue weighted by molar-refractivity contribution is 7.88. The Balaban J connectivity index is 2.47. The van der Waals surface area contributed by atoms with Crippen LogP contribution in [0.4, 0.5) is 5.69 Å². The van der Waals surface area contributed by atoms with Crippen LogP contribution in [0.15, 0.2) is 29.3 Å². The first-order valence-electron chi connectivity index (χ1n) is 8.39. The van der Waals surface area contributed by atoms with Gasteiger partial charge in [-0.15, -0.1) is 0 Å².